The van der Waals surface area contributed by atoms with E-state index >= 15 is 0 Å². The van der Waals surface area contributed by atoms with Crippen molar-refractivity contribution in [2.45, 2.75) is 23.6 Å². The molecule has 1 atom stereocenters. The molecule has 0 bridgehead atoms. The van der Waals surface area contributed by atoms with Gasteiger partial charge in [-0.2, -0.15) is 0 Å². The van der Waals surface area contributed by atoms with Gasteiger partial charge >= 0.3 is 0 Å². The van der Waals surface area contributed by atoms with Gasteiger partial charge in [-0.3, -0.25) is 4.79 Å². The Morgan fingerprint density at radius 3 is 2.56 bits per heavy atom. The van der Waals surface area contributed by atoms with Crippen LogP contribution >= 0.6 is 23.4 Å². The predicted molar refractivity (Wildman–Crippen MR) is 102 cm³/mol. The lowest BCUT2D eigenvalue weighted by Gasteiger charge is -2.12. The Morgan fingerprint density at radius 1 is 1.20 bits per heavy atom. The molecule has 0 fully saturated rings. The number of nitrogens with one attached hydrogen (secondary N) is 1. The molecule has 4 nitrogen and oxygen atoms in total. The Bertz CT molecular complexity index is 817. The third-order valence-corrected chi connectivity index (χ3v) is 5.07. The van der Waals surface area contributed by atoms with Crippen molar-refractivity contribution >= 4 is 29.3 Å². The lowest BCUT2D eigenvalue weighted by Crippen LogP contribution is -2.30. The molecule has 3 rings (SSSR count). The minimum absolute atomic E-state index is 0.0126. The van der Waals surface area contributed by atoms with Crippen LogP contribution in [-0.2, 0) is 11.3 Å². The fourth-order valence-electron chi connectivity index (χ4n) is 2.30. The van der Waals surface area contributed by atoms with Gasteiger partial charge in [0.2, 0.25) is 5.91 Å². The maximum Gasteiger partial charge on any atom is 0.233 e. The van der Waals surface area contributed by atoms with E-state index in [1.807, 2.05) is 66.2 Å². The number of rotatable bonds is 6. The monoisotopic (exact) mass is 371 g/mol. The first-order chi connectivity index (χ1) is 12.1. The van der Waals surface area contributed by atoms with Crippen molar-refractivity contribution in [2.24, 2.45) is 0 Å². The lowest BCUT2D eigenvalue weighted by molar-refractivity contribution is -0.120. The standard InChI is InChI=1S/C19H18ClN3OS/c1-14(25-18-8-4-16(20)5-9-18)19(24)22-12-15-2-6-17(7-3-15)23-11-10-21-13-23/h2-11,13-14H,12H2,1H3,(H,22,24)/t14-/m1/s1. The number of halogens is 1. The molecule has 3 aromatic rings. The van der Waals surface area contributed by atoms with Crippen LogP contribution in [0.1, 0.15) is 12.5 Å². The number of thioether (sulfide) groups is 1. The summed E-state index contributed by atoms with van der Waals surface area (Å²) in [6.07, 6.45) is 5.40. The van der Waals surface area contributed by atoms with Gasteiger partial charge in [0.25, 0.3) is 0 Å². The zero-order chi connectivity index (χ0) is 17.6. The molecule has 1 heterocycles. The van der Waals surface area contributed by atoms with Gasteiger partial charge in [0, 0.05) is 34.5 Å². The van der Waals surface area contributed by atoms with Crippen molar-refractivity contribution in [1.29, 1.82) is 0 Å². The van der Waals surface area contributed by atoms with Gasteiger partial charge in [0.15, 0.2) is 0 Å². The molecule has 6 heteroatoms. The Balaban J connectivity index is 1.52. The quantitative estimate of drug-likeness (QED) is 0.656. The predicted octanol–water partition coefficient (Wildman–Crippen LogP) is 4.32. The lowest BCUT2D eigenvalue weighted by atomic mass is 10.2. The molecule has 0 aliphatic carbocycles. The van der Waals surface area contributed by atoms with Gasteiger partial charge in [0.05, 0.1) is 11.6 Å². The smallest absolute Gasteiger partial charge is 0.233 e. The molecule has 0 aliphatic heterocycles. The normalized spacial score (nSPS) is 11.9. The van der Waals surface area contributed by atoms with E-state index < -0.39 is 0 Å². The third-order valence-electron chi connectivity index (χ3n) is 3.70. The molecular formula is C19H18ClN3OS. The zero-order valence-corrected chi connectivity index (χ0v) is 15.3. The largest absolute Gasteiger partial charge is 0.351 e. The second kappa shape index (κ2) is 8.23. The van der Waals surface area contributed by atoms with Crippen molar-refractivity contribution in [3.8, 4) is 5.69 Å². The van der Waals surface area contributed by atoms with E-state index in [0.29, 0.717) is 11.6 Å². The van der Waals surface area contributed by atoms with Crippen LogP contribution in [0.25, 0.3) is 5.69 Å². The summed E-state index contributed by atoms with van der Waals surface area (Å²) in [7, 11) is 0. The van der Waals surface area contributed by atoms with Crippen molar-refractivity contribution in [1.82, 2.24) is 14.9 Å². The van der Waals surface area contributed by atoms with Crippen LogP contribution in [0.3, 0.4) is 0 Å². The highest BCUT2D eigenvalue weighted by atomic mass is 35.5. The average molecular weight is 372 g/mol. The number of carbonyl (C=O) groups is 1. The number of aromatic nitrogens is 2. The van der Waals surface area contributed by atoms with Gasteiger partial charge < -0.3 is 9.88 Å². The van der Waals surface area contributed by atoms with E-state index in [2.05, 4.69) is 10.3 Å². The highest BCUT2D eigenvalue weighted by Gasteiger charge is 2.14. The minimum atomic E-state index is -0.175. The van der Waals surface area contributed by atoms with E-state index in [-0.39, 0.29) is 11.2 Å². The van der Waals surface area contributed by atoms with Crippen LogP contribution in [0.2, 0.25) is 5.02 Å². The summed E-state index contributed by atoms with van der Waals surface area (Å²) in [5, 5.41) is 3.50. The van der Waals surface area contributed by atoms with E-state index in [9.17, 15) is 4.79 Å². The van der Waals surface area contributed by atoms with Gasteiger partial charge in [-0.1, -0.05) is 23.7 Å². The fourth-order valence-corrected chi connectivity index (χ4v) is 3.32. The summed E-state index contributed by atoms with van der Waals surface area (Å²) >= 11 is 7.39. The second-order valence-electron chi connectivity index (χ2n) is 5.57. The molecule has 0 spiro atoms. The van der Waals surface area contributed by atoms with Crippen LogP contribution in [-0.4, -0.2) is 20.7 Å². The molecule has 0 unspecified atom stereocenters. The van der Waals surface area contributed by atoms with Crippen LogP contribution < -0.4 is 5.32 Å². The molecule has 1 aromatic heterocycles. The van der Waals surface area contributed by atoms with Crippen LogP contribution in [0.15, 0.2) is 72.1 Å². The van der Waals surface area contributed by atoms with E-state index in [1.54, 1.807) is 12.5 Å². The molecule has 2 aromatic carbocycles. The summed E-state index contributed by atoms with van der Waals surface area (Å²) < 4.78 is 1.94. The van der Waals surface area contributed by atoms with Crippen LogP contribution in [0.5, 0.6) is 0 Å². The SMILES string of the molecule is C[C@@H](Sc1ccc(Cl)cc1)C(=O)NCc1ccc(-n2ccnc2)cc1. The molecular weight excluding hydrogens is 354 g/mol. The molecule has 1 N–H and O–H groups in total. The first kappa shape index (κ1) is 17.6. The van der Waals surface area contributed by atoms with Gasteiger partial charge in [-0.05, 0) is 48.9 Å². The number of hydrogen-bond acceptors (Lipinski definition) is 3. The molecule has 128 valence electrons. The van der Waals surface area contributed by atoms with Gasteiger partial charge in [-0.15, -0.1) is 11.8 Å². The molecule has 0 saturated heterocycles. The van der Waals surface area contributed by atoms with Crippen molar-refractivity contribution in [3.63, 3.8) is 0 Å². The van der Waals surface area contributed by atoms with Crippen LogP contribution in [0.4, 0.5) is 0 Å². The fraction of sp³-hybridized carbons (Fsp3) is 0.158. The number of benzene rings is 2. The maximum atomic E-state index is 12.3. The minimum Gasteiger partial charge on any atom is -0.351 e. The number of carbonyl (C=O) groups excluding carboxylic acids is 1. The molecule has 0 aliphatic rings. The zero-order valence-electron chi connectivity index (χ0n) is 13.7. The first-order valence-electron chi connectivity index (χ1n) is 7.89. The summed E-state index contributed by atoms with van der Waals surface area (Å²) in [4.78, 5) is 17.3. The summed E-state index contributed by atoms with van der Waals surface area (Å²) in [5.74, 6) is 0.0126. The van der Waals surface area contributed by atoms with Crippen LogP contribution in [0, 0.1) is 0 Å². The molecule has 25 heavy (non-hydrogen) atoms. The van der Waals surface area contributed by atoms with Crippen molar-refractivity contribution in [2.75, 3.05) is 0 Å². The first-order valence-corrected chi connectivity index (χ1v) is 9.15. The Labute approximate surface area is 156 Å². The Morgan fingerprint density at radius 2 is 1.92 bits per heavy atom. The van der Waals surface area contributed by atoms with E-state index in [4.69, 9.17) is 11.6 Å². The molecule has 0 radical (unpaired) electrons. The second-order valence-corrected chi connectivity index (χ2v) is 7.42. The number of nitrogens with zero attached hydrogens (tertiary/aromatic N) is 2. The average Bonchev–Trinajstić information content (AvgIpc) is 3.16. The number of hydrogen-bond donors (Lipinski definition) is 1. The molecule has 0 saturated carbocycles. The highest BCUT2D eigenvalue weighted by Crippen LogP contribution is 2.24. The number of imidazole rings is 1. The van der Waals surface area contributed by atoms with E-state index in [0.717, 1.165) is 16.1 Å². The van der Waals surface area contributed by atoms with Crippen molar-refractivity contribution < 1.29 is 4.79 Å². The maximum absolute atomic E-state index is 12.3. The molecule has 1 amide bonds. The Kier molecular flexibility index (Phi) is 5.79. The Hall–Kier alpha value is -2.24. The number of amides is 1. The van der Waals surface area contributed by atoms with Gasteiger partial charge in [-0.25, -0.2) is 4.98 Å². The third kappa shape index (κ3) is 4.87. The summed E-state index contributed by atoms with van der Waals surface area (Å²) in [5.41, 5.74) is 2.10. The topological polar surface area (TPSA) is 46.9 Å². The van der Waals surface area contributed by atoms with Crippen molar-refractivity contribution in [3.05, 3.63) is 77.8 Å². The summed E-state index contributed by atoms with van der Waals surface area (Å²) in [6, 6.07) is 15.5. The summed E-state index contributed by atoms with van der Waals surface area (Å²) in [6.45, 7) is 2.41. The van der Waals surface area contributed by atoms with E-state index in [1.165, 1.54) is 11.8 Å². The highest BCUT2D eigenvalue weighted by molar-refractivity contribution is 8.00. The van der Waals surface area contributed by atoms with Gasteiger partial charge in [0.1, 0.15) is 0 Å².